The van der Waals surface area contributed by atoms with Crippen molar-refractivity contribution in [3.8, 4) is 0 Å². The normalized spacial score (nSPS) is 15.6. The van der Waals surface area contributed by atoms with E-state index in [9.17, 15) is 16.8 Å². The molecule has 1 aromatic rings. The summed E-state index contributed by atoms with van der Waals surface area (Å²) in [4.78, 5) is 0. The summed E-state index contributed by atoms with van der Waals surface area (Å²) < 4.78 is 51.0. The molecule has 0 aliphatic carbocycles. The number of sulfonamides is 2. The Kier molecular flexibility index (Phi) is 4.84. The molecule has 21 heavy (non-hydrogen) atoms. The Bertz CT molecular complexity index is 732. The molecule has 0 bridgehead atoms. The van der Waals surface area contributed by atoms with Crippen LogP contribution in [-0.4, -0.2) is 33.8 Å². The standard InChI is InChI=1S/C12H17BrN2O4S2/c1-2-21(18,19)15-7-3-4-10-5-6-11(8-12(10)15)14-20(16,17)9-13/h5-6,8,14H,2-4,7,9H2,1H3. The maximum atomic E-state index is 12.1. The van der Waals surface area contributed by atoms with Crippen LogP contribution in [0.25, 0.3) is 0 Å². The third-order valence-electron chi connectivity index (χ3n) is 3.28. The first-order valence-corrected chi connectivity index (χ1v) is 10.9. The summed E-state index contributed by atoms with van der Waals surface area (Å²) in [5.41, 5.74) is 1.85. The highest BCUT2D eigenvalue weighted by atomic mass is 79.9. The van der Waals surface area contributed by atoms with Gasteiger partial charge in [-0.25, -0.2) is 16.8 Å². The molecule has 1 aromatic carbocycles. The van der Waals surface area contributed by atoms with Crippen LogP contribution >= 0.6 is 15.9 Å². The van der Waals surface area contributed by atoms with E-state index in [1.54, 1.807) is 25.1 Å². The Morgan fingerprint density at radius 3 is 2.62 bits per heavy atom. The quantitative estimate of drug-likeness (QED) is 0.770. The van der Waals surface area contributed by atoms with E-state index in [0.29, 0.717) is 17.9 Å². The Labute approximate surface area is 133 Å². The van der Waals surface area contributed by atoms with Gasteiger partial charge in [0.2, 0.25) is 20.0 Å². The van der Waals surface area contributed by atoms with Gasteiger partial charge in [0.15, 0.2) is 0 Å². The average molecular weight is 397 g/mol. The second-order valence-electron chi connectivity index (χ2n) is 4.75. The lowest BCUT2D eigenvalue weighted by atomic mass is 10.0. The molecule has 118 valence electrons. The predicted octanol–water partition coefficient (Wildman–Crippen LogP) is 1.88. The van der Waals surface area contributed by atoms with Crippen LogP contribution in [0.5, 0.6) is 0 Å². The van der Waals surface area contributed by atoms with E-state index in [1.807, 2.05) is 0 Å². The van der Waals surface area contributed by atoms with Crippen molar-refractivity contribution < 1.29 is 16.8 Å². The monoisotopic (exact) mass is 396 g/mol. The number of hydrogen-bond acceptors (Lipinski definition) is 4. The summed E-state index contributed by atoms with van der Waals surface area (Å²) in [6.07, 6.45) is 1.55. The molecule has 0 radical (unpaired) electrons. The minimum Gasteiger partial charge on any atom is -0.283 e. The molecule has 0 atom stereocenters. The molecule has 0 aromatic heterocycles. The molecule has 1 heterocycles. The smallest absolute Gasteiger partial charge is 0.242 e. The molecule has 0 saturated heterocycles. The van der Waals surface area contributed by atoms with E-state index in [4.69, 9.17) is 0 Å². The highest BCUT2D eigenvalue weighted by Gasteiger charge is 2.26. The topological polar surface area (TPSA) is 83.6 Å². The van der Waals surface area contributed by atoms with Gasteiger partial charge in [-0.05, 0) is 37.5 Å². The van der Waals surface area contributed by atoms with Crippen molar-refractivity contribution in [2.75, 3.05) is 26.0 Å². The molecule has 1 aliphatic heterocycles. The van der Waals surface area contributed by atoms with Gasteiger partial charge in [0.25, 0.3) is 0 Å². The van der Waals surface area contributed by atoms with Gasteiger partial charge in [-0.3, -0.25) is 9.03 Å². The van der Waals surface area contributed by atoms with Gasteiger partial charge in [0, 0.05) is 6.54 Å². The lowest BCUT2D eigenvalue weighted by Crippen LogP contribution is -2.36. The second kappa shape index (κ2) is 6.13. The Morgan fingerprint density at radius 2 is 2.00 bits per heavy atom. The number of anilines is 2. The third-order valence-corrected chi connectivity index (χ3v) is 7.70. The van der Waals surface area contributed by atoms with Gasteiger partial charge < -0.3 is 0 Å². The first kappa shape index (κ1) is 16.6. The van der Waals surface area contributed by atoms with Gasteiger partial charge >= 0.3 is 0 Å². The van der Waals surface area contributed by atoms with Gasteiger partial charge in [-0.15, -0.1) is 0 Å². The van der Waals surface area contributed by atoms with Crippen molar-refractivity contribution in [2.24, 2.45) is 0 Å². The second-order valence-corrected chi connectivity index (χ2v) is 9.95. The van der Waals surface area contributed by atoms with Crippen LogP contribution in [-0.2, 0) is 26.5 Å². The van der Waals surface area contributed by atoms with Crippen molar-refractivity contribution >= 4 is 47.4 Å². The number of fused-ring (bicyclic) bond motifs is 1. The Balaban J connectivity index is 2.43. The van der Waals surface area contributed by atoms with Crippen molar-refractivity contribution in [2.45, 2.75) is 19.8 Å². The number of nitrogens with one attached hydrogen (secondary N) is 1. The van der Waals surface area contributed by atoms with E-state index < -0.39 is 20.0 Å². The summed E-state index contributed by atoms with van der Waals surface area (Å²) in [7, 11) is -6.81. The van der Waals surface area contributed by atoms with Crippen LogP contribution in [0.3, 0.4) is 0 Å². The van der Waals surface area contributed by atoms with Gasteiger partial charge in [-0.1, -0.05) is 22.0 Å². The van der Waals surface area contributed by atoms with E-state index in [2.05, 4.69) is 20.7 Å². The molecule has 1 aliphatic rings. The van der Waals surface area contributed by atoms with Crippen LogP contribution in [0.1, 0.15) is 18.9 Å². The van der Waals surface area contributed by atoms with E-state index in [1.165, 1.54) is 4.31 Å². The molecular weight excluding hydrogens is 380 g/mol. The average Bonchev–Trinajstić information content (AvgIpc) is 2.46. The number of nitrogens with zero attached hydrogens (tertiary/aromatic N) is 1. The summed E-state index contributed by atoms with van der Waals surface area (Å²) in [5.74, 6) is 0.0177. The van der Waals surface area contributed by atoms with E-state index in [-0.39, 0.29) is 10.4 Å². The van der Waals surface area contributed by atoms with E-state index in [0.717, 1.165) is 18.4 Å². The number of halogens is 1. The molecule has 0 spiro atoms. The Morgan fingerprint density at radius 1 is 1.29 bits per heavy atom. The lowest BCUT2D eigenvalue weighted by molar-refractivity contribution is 0.588. The molecule has 0 saturated carbocycles. The van der Waals surface area contributed by atoms with Crippen LogP contribution in [0.15, 0.2) is 18.2 Å². The largest absolute Gasteiger partial charge is 0.283 e. The zero-order valence-corrected chi connectivity index (χ0v) is 14.8. The molecule has 6 nitrogen and oxygen atoms in total. The zero-order valence-electron chi connectivity index (χ0n) is 11.5. The highest BCUT2D eigenvalue weighted by molar-refractivity contribution is 9.10. The van der Waals surface area contributed by atoms with Gasteiger partial charge in [0.05, 0.1) is 17.1 Å². The van der Waals surface area contributed by atoms with Gasteiger partial charge in [0.1, 0.15) is 4.66 Å². The molecular formula is C12H17BrN2O4S2. The number of aryl methyl sites for hydroxylation is 1. The molecule has 0 unspecified atom stereocenters. The van der Waals surface area contributed by atoms with Crippen LogP contribution in [0, 0.1) is 0 Å². The van der Waals surface area contributed by atoms with Crippen molar-refractivity contribution in [3.63, 3.8) is 0 Å². The zero-order chi connectivity index (χ0) is 15.7. The first-order chi connectivity index (χ1) is 9.79. The summed E-state index contributed by atoms with van der Waals surface area (Å²) in [6.45, 7) is 2.03. The first-order valence-electron chi connectivity index (χ1n) is 6.49. The SMILES string of the molecule is CCS(=O)(=O)N1CCCc2ccc(NS(=O)(=O)CBr)cc21. The highest BCUT2D eigenvalue weighted by Crippen LogP contribution is 2.32. The molecule has 9 heteroatoms. The molecule has 2 rings (SSSR count). The summed E-state index contributed by atoms with van der Waals surface area (Å²) >= 11 is 2.90. The van der Waals surface area contributed by atoms with Crippen molar-refractivity contribution in [1.82, 2.24) is 0 Å². The molecule has 0 fully saturated rings. The van der Waals surface area contributed by atoms with E-state index >= 15 is 0 Å². The molecule has 1 N–H and O–H groups in total. The number of hydrogen-bond donors (Lipinski definition) is 1. The van der Waals surface area contributed by atoms with Crippen molar-refractivity contribution in [1.29, 1.82) is 0 Å². The number of alkyl halides is 1. The third kappa shape index (κ3) is 3.70. The van der Waals surface area contributed by atoms with Gasteiger partial charge in [-0.2, -0.15) is 0 Å². The fraction of sp³-hybridized carbons (Fsp3) is 0.500. The lowest BCUT2D eigenvalue weighted by Gasteiger charge is -2.30. The number of benzene rings is 1. The maximum Gasteiger partial charge on any atom is 0.242 e. The fourth-order valence-electron chi connectivity index (χ4n) is 2.26. The fourth-order valence-corrected chi connectivity index (χ4v) is 4.33. The summed E-state index contributed by atoms with van der Waals surface area (Å²) in [5, 5.41) is 0. The number of rotatable bonds is 5. The van der Waals surface area contributed by atoms with Crippen LogP contribution in [0.4, 0.5) is 11.4 Å². The maximum absolute atomic E-state index is 12.1. The Hall–Kier alpha value is -0.800. The van der Waals surface area contributed by atoms with Crippen LogP contribution < -0.4 is 9.03 Å². The predicted molar refractivity (Wildman–Crippen MR) is 87.9 cm³/mol. The minimum atomic E-state index is -3.46. The van der Waals surface area contributed by atoms with Crippen molar-refractivity contribution in [3.05, 3.63) is 23.8 Å². The van der Waals surface area contributed by atoms with Crippen LogP contribution in [0.2, 0.25) is 0 Å². The minimum absolute atomic E-state index is 0.0177. The summed E-state index contributed by atoms with van der Waals surface area (Å²) in [6, 6.07) is 5.02. The molecule has 0 amide bonds.